The number of thioether (sulfide) groups is 1. The molecule has 0 bridgehead atoms. The predicted molar refractivity (Wildman–Crippen MR) is 100 cm³/mol. The third-order valence-electron chi connectivity index (χ3n) is 3.34. The number of amidine groups is 1. The molecule has 2 aromatic rings. The number of esters is 1. The van der Waals surface area contributed by atoms with Crippen LogP contribution in [-0.2, 0) is 9.53 Å². The molecular weight excluding hydrogens is 360 g/mol. The molecule has 0 unspecified atom stereocenters. The molecule has 1 saturated heterocycles. The van der Waals surface area contributed by atoms with E-state index in [9.17, 15) is 9.59 Å². The summed E-state index contributed by atoms with van der Waals surface area (Å²) in [4.78, 5) is 28.4. The monoisotopic (exact) mass is 372 g/mol. The Balaban J connectivity index is 1.76. The van der Waals surface area contributed by atoms with Gasteiger partial charge in [0.25, 0.3) is 5.91 Å². The van der Waals surface area contributed by atoms with E-state index >= 15 is 0 Å². The molecule has 2 aromatic carbocycles. The van der Waals surface area contributed by atoms with Gasteiger partial charge in [0.2, 0.25) is 0 Å². The molecule has 1 aliphatic rings. The molecule has 5 nitrogen and oxygen atoms in total. The lowest BCUT2D eigenvalue weighted by molar-refractivity contribution is -0.115. The molecule has 0 atom stereocenters. The van der Waals surface area contributed by atoms with Gasteiger partial charge in [-0.15, -0.1) is 0 Å². The summed E-state index contributed by atoms with van der Waals surface area (Å²) < 4.78 is 4.65. The Morgan fingerprint density at radius 3 is 2.48 bits per heavy atom. The van der Waals surface area contributed by atoms with E-state index in [2.05, 4.69) is 15.0 Å². The first kappa shape index (κ1) is 17.3. The average molecular weight is 373 g/mol. The Morgan fingerprint density at radius 1 is 1.16 bits per heavy atom. The van der Waals surface area contributed by atoms with Gasteiger partial charge in [0.15, 0.2) is 5.17 Å². The summed E-state index contributed by atoms with van der Waals surface area (Å²) in [5.74, 6) is -0.610. The van der Waals surface area contributed by atoms with Crippen LogP contribution in [0.5, 0.6) is 0 Å². The number of hydrogen-bond acceptors (Lipinski definition) is 5. The number of nitrogens with one attached hydrogen (secondary N) is 1. The maximum absolute atomic E-state index is 12.1. The number of rotatable bonds is 3. The highest BCUT2D eigenvalue weighted by atomic mass is 35.5. The number of carbonyl (C=O) groups excluding carboxylic acids is 2. The van der Waals surface area contributed by atoms with Crippen LogP contribution in [0.2, 0.25) is 5.02 Å². The molecular formula is C18H13ClN2O3S. The van der Waals surface area contributed by atoms with Crippen molar-refractivity contribution in [3.63, 3.8) is 0 Å². The molecule has 0 aliphatic carbocycles. The van der Waals surface area contributed by atoms with E-state index in [0.717, 1.165) is 5.56 Å². The number of halogens is 1. The van der Waals surface area contributed by atoms with Crippen LogP contribution in [0.4, 0.5) is 5.69 Å². The van der Waals surface area contributed by atoms with Crippen LogP contribution in [-0.4, -0.2) is 24.2 Å². The Bertz CT molecular complexity index is 874. The molecule has 3 rings (SSSR count). The first-order chi connectivity index (χ1) is 12.0. The number of ether oxygens (including phenoxy) is 1. The second-order valence-electron chi connectivity index (χ2n) is 5.07. The average Bonchev–Trinajstić information content (AvgIpc) is 2.96. The molecule has 0 aromatic heterocycles. The Kier molecular flexibility index (Phi) is 5.21. The zero-order valence-corrected chi connectivity index (χ0v) is 14.7. The van der Waals surface area contributed by atoms with Gasteiger partial charge in [-0.2, -0.15) is 0 Å². The number of benzene rings is 2. The minimum atomic E-state index is -0.407. The van der Waals surface area contributed by atoms with Gasteiger partial charge < -0.3 is 10.1 Å². The van der Waals surface area contributed by atoms with Crippen molar-refractivity contribution in [2.45, 2.75) is 0 Å². The van der Waals surface area contributed by atoms with Crippen molar-refractivity contribution < 1.29 is 14.3 Å². The molecule has 0 spiro atoms. The second kappa shape index (κ2) is 7.55. The van der Waals surface area contributed by atoms with Crippen molar-refractivity contribution in [2.75, 3.05) is 7.11 Å². The number of carbonyl (C=O) groups is 2. The Morgan fingerprint density at radius 2 is 1.84 bits per heavy atom. The number of nitrogens with zero attached hydrogens (tertiary/aromatic N) is 1. The molecule has 0 saturated carbocycles. The highest BCUT2D eigenvalue weighted by Crippen LogP contribution is 2.28. The summed E-state index contributed by atoms with van der Waals surface area (Å²) in [6.45, 7) is 0. The van der Waals surface area contributed by atoms with Gasteiger partial charge in [0, 0.05) is 5.02 Å². The molecule has 7 heteroatoms. The quantitative estimate of drug-likeness (QED) is 0.652. The zero-order valence-electron chi connectivity index (χ0n) is 13.2. The number of hydrogen-bond donors (Lipinski definition) is 1. The van der Waals surface area contributed by atoms with Crippen molar-refractivity contribution in [3.05, 3.63) is 69.6 Å². The number of aliphatic imine (C=N–C) groups is 1. The van der Waals surface area contributed by atoms with E-state index in [4.69, 9.17) is 11.6 Å². The van der Waals surface area contributed by atoms with Crippen LogP contribution >= 0.6 is 23.4 Å². The standard InChI is InChI=1S/C18H13ClN2O3S/c1-24-17(23)12-4-8-14(9-5-12)20-18-21-16(22)15(25-18)10-11-2-6-13(19)7-3-11/h2-10H,1H3,(H,20,21,22)/b15-10-. The Labute approximate surface area is 153 Å². The van der Waals surface area contributed by atoms with Gasteiger partial charge >= 0.3 is 5.97 Å². The molecule has 1 heterocycles. The van der Waals surface area contributed by atoms with Crippen LogP contribution in [0.25, 0.3) is 6.08 Å². The molecule has 25 heavy (non-hydrogen) atoms. The molecule has 126 valence electrons. The minimum absolute atomic E-state index is 0.204. The molecule has 1 fully saturated rings. The summed E-state index contributed by atoms with van der Waals surface area (Å²) in [7, 11) is 1.33. The summed E-state index contributed by atoms with van der Waals surface area (Å²) >= 11 is 7.11. The second-order valence-corrected chi connectivity index (χ2v) is 6.54. The van der Waals surface area contributed by atoms with Gasteiger partial charge in [-0.3, -0.25) is 4.79 Å². The number of methoxy groups -OCH3 is 1. The smallest absolute Gasteiger partial charge is 0.337 e. The van der Waals surface area contributed by atoms with Crippen molar-refractivity contribution >= 4 is 52.2 Å². The van der Waals surface area contributed by atoms with E-state index in [-0.39, 0.29) is 5.91 Å². The van der Waals surface area contributed by atoms with Gasteiger partial charge in [-0.05, 0) is 59.8 Å². The molecule has 0 radical (unpaired) electrons. The highest BCUT2D eigenvalue weighted by molar-refractivity contribution is 8.18. The van der Waals surface area contributed by atoms with Crippen molar-refractivity contribution in [1.82, 2.24) is 5.32 Å². The van der Waals surface area contributed by atoms with E-state index in [0.29, 0.717) is 26.3 Å². The van der Waals surface area contributed by atoms with Crippen molar-refractivity contribution in [3.8, 4) is 0 Å². The van der Waals surface area contributed by atoms with Crippen molar-refractivity contribution in [2.24, 2.45) is 4.99 Å². The van der Waals surface area contributed by atoms with Crippen LogP contribution in [0, 0.1) is 0 Å². The Hall–Kier alpha value is -2.57. The topological polar surface area (TPSA) is 67.8 Å². The lowest BCUT2D eigenvalue weighted by atomic mass is 10.2. The minimum Gasteiger partial charge on any atom is -0.465 e. The van der Waals surface area contributed by atoms with Crippen LogP contribution in [0.1, 0.15) is 15.9 Å². The largest absolute Gasteiger partial charge is 0.465 e. The highest BCUT2D eigenvalue weighted by Gasteiger charge is 2.23. The van der Waals surface area contributed by atoms with Gasteiger partial charge in [0.05, 0.1) is 23.3 Å². The molecule has 1 amide bonds. The maximum atomic E-state index is 12.1. The van der Waals surface area contributed by atoms with Crippen molar-refractivity contribution in [1.29, 1.82) is 0 Å². The maximum Gasteiger partial charge on any atom is 0.337 e. The molecule has 1 aliphatic heterocycles. The fourth-order valence-corrected chi connectivity index (χ4v) is 3.07. The molecule has 1 N–H and O–H groups in total. The number of amides is 1. The van der Waals surface area contributed by atoms with Crippen LogP contribution in [0.3, 0.4) is 0 Å². The van der Waals surface area contributed by atoms with E-state index < -0.39 is 5.97 Å². The van der Waals surface area contributed by atoms with Gasteiger partial charge in [-0.1, -0.05) is 23.7 Å². The van der Waals surface area contributed by atoms with Crippen LogP contribution < -0.4 is 5.32 Å². The lowest BCUT2D eigenvalue weighted by Gasteiger charge is -2.00. The van der Waals surface area contributed by atoms with E-state index in [1.807, 2.05) is 12.1 Å². The summed E-state index contributed by atoms with van der Waals surface area (Å²) in [5.41, 5.74) is 1.95. The van der Waals surface area contributed by atoms with Crippen LogP contribution in [0.15, 0.2) is 58.4 Å². The van der Waals surface area contributed by atoms with Gasteiger partial charge in [0.1, 0.15) is 0 Å². The van der Waals surface area contributed by atoms with E-state index in [1.165, 1.54) is 18.9 Å². The summed E-state index contributed by atoms with van der Waals surface area (Å²) in [6, 6.07) is 13.8. The fraction of sp³-hybridized carbons (Fsp3) is 0.0556. The third-order valence-corrected chi connectivity index (χ3v) is 4.50. The van der Waals surface area contributed by atoms with Gasteiger partial charge in [-0.25, -0.2) is 9.79 Å². The normalized spacial score (nSPS) is 17.0. The predicted octanol–water partition coefficient (Wildman–Crippen LogP) is 4.02. The lowest BCUT2D eigenvalue weighted by Crippen LogP contribution is -2.19. The third kappa shape index (κ3) is 4.29. The first-order valence-corrected chi connectivity index (χ1v) is 8.48. The first-order valence-electron chi connectivity index (χ1n) is 7.29. The SMILES string of the molecule is COC(=O)c1ccc(N=C2NC(=O)/C(=C/c3ccc(Cl)cc3)S2)cc1. The zero-order chi connectivity index (χ0) is 17.8. The summed E-state index contributed by atoms with van der Waals surface area (Å²) in [6.07, 6.45) is 1.78. The summed E-state index contributed by atoms with van der Waals surface area (Å²) in [5, 5.41) is 3.85. The van der Waals surface area contributed by atoms with E-state index in [1.54, 1.807) is 42.5 Å². The fourth-order valence-electron chi connectivity index (χ4n) is 2.10.